The average molecular weight is 168 g/mol. The second-order valence-electron chi connectivity index (χ2n) is 2.94. The first-order chi connectivity index (χ1) is 6.33. The molecule has 2 nitrogen and oxygen atoms in total. The van der Waals surface area contributed by atoms with Gasteiger partial charge in [-0.15, -0.1) is 0 Å². The van der Waals surface area contributed by atoms with Crippen LogP contribution in [0.25, 0.3) is 10.9 Å². The molecule has 1 aromatic heterocycles. The number of nitriles is 1. The number of aryl methyl sites for hydroxylation is 1. The van der Waals surface area contributed by atoms with Gasteiger partial charge in [-0.25, -0.2) is 0 Å². The van der Waals surface area contributed by atoms with Gasteiger partial charge in [0.2, 0.25) is 0 Å². The second-order valence-corrected chi connectivity index (χ2v) is 2.94. The molecule has 13 heavy (non-hydrogen) atoms. The Labute approximate surface area is 76.5 Å². The minimum Gasteiger partial charge on any atom is -0.256 e. The van der Waals surface area contributed by atoms with Crippen LogP contribution < -0.4 is 0 Å². The summed E-state index contributed by atoms with van der Waals surface area (Å²) in [5.74, 6) is 0. The Morgan fingerprint density at radius 3 is 2.92 bits per heavy atom. The van der Waals surface area contributed by atoms with Gasteiger partial charge < -0.3 is 0 Å². The van der Waals surface area contributed by atoms with E-state index < -0.39 is 0 Å². The predicted octanol–water partition coefficient (Wildman–Crippen LogP) is 2.41. The van der Waals surface area contributed by atoms with E-state index >= 15 is 0 Å². The molecule has 0 unspecified atom stereocenters. The number of hydrogen-bond acceptors (Lipinski definition) is 2. The maximum absolute atomic E-state index is 8.85. The molecule has 2 rings (SSSR count). The molecule has 1 heterocycles. The SMILES string of the molecule is Cc1ccc(C#N)c2cccnc12. The van der Waals surface area contributed by atoms with Crippen LogP contribution in [0.4, 0.5) is 0 Å². The van der Waals surface area contributed by atoms with Crippen molar-refractivity contribution in [1.29, 1.82) is 5.26 Å². The van der Waals surface area contributed by atoms with E-state index in [2.05, 4.69) is 11.1 Å². The molecule has 0 fully saturated rings. The molecule has 0 aliphatic heterocycles. The molecule has 0 aliphatic carbocycles. The van der Waals surface area contributed by atoms with Crippen LogP contribution >= 0.6 is 0 Å². The summed E-state index contributed by atoms with van der Waals surface area (Å²) in [5, 5.41) is 9.78. The molecule has 0 saturated carbocycles. The molecule has 0 radical (unpaired) electrons. The number of aromatic nitrogens is 1. The number of nitrogens with zero attached hydrogens (tertiary/aromatic N) is 2. The fourth-order valence-corrected chi connectivity index (χ4v) is 1.41. The fraction of sp³-hybridized carbons (Fsp3) is 0.0909. The predicted molar refractivity (Wildman–Crippen MR) is 51.2 cm³/mol. The summed E-state index contributed by atoms with van der Waals surface area (Å²) >= 11 is 0. The van der Waals surface area contributed by atoms with Crippen molar-refractivity contribution < 1.29 is 0 Å². The monoisotopic (exact) mass is 168 g/mol. The number of rotatable bonds is 0. The number of benzene rings is 1. The Kier molecular flexibility index (Phi) is 1.71. The summed E-state index contributed by atoms with van der Waals surface area (Å²) in [6, 6.07) is 9.69. The van der Waals surface area contributed by atoms with Crippen LogP contribution in [0.5, 0.6) is 0 Å². The summed E-state index contributed by atoms with van der Waals surface area (Å²) < 4.78 is 0. The molecule has 0 spiro atoms. The molecule has 62 valence electrons. The van der Waals surface area contributed by atoms with Gasteiger partial charge in [0, 0.05) is 11.6 Å². The summed E-state index contributed by atoms with van der Waals surface area (Å²) in [6.45, 7) is 2.00. The Bertz CT molecular complexity index is 495. The molecular formula is C11H8N2. The molecule has 0 aliphatic rings. The molecule has 2 heteroatoms. The Morgan fingerprint density at radius 2 is 2.15 bits per heavy atom. The topological polar surface area (TPSA) is 36.7 Å². The zero-order valence-electron chi connectivity index (χ0n) is 7.28. The molecule has 0 N–H and O–H groups in total. The molecule has 2 aromatic rings. The standard InChI is InChI=1S/C11H8N2/c1-8-4-5-9(7-12)10-3-2-6-13-11(8)10/h2-6H,1H3. The van der Waals surface area contributed by atoms with E-state index in [-0.39, 0.29) is 0 Å². The quantitative estimate of drug-likeness (QED) is 0.605. The van der Waals surface area contributed by atoms with Gasteiger partial charge in [-0.1, -0.05) is 6.07 Å². The molecule has 0 bridgehead atoms. The van der Waals surface area contributed by atoms with Crippen LogP contribution in [0.15, 0.2) is 30.5 Å². The maximum Gasteiger partial charge on any atom is 0.0998 e. The number of fused-ring (bicyclic) bond motifs is 1. The van der Waals surface area contributed by atoms with Crippen LogP contribution in [0.1, 0.15) is 11.1 Å². The Hall–Kier alpha value is -1.88. The third-order valence-electron chi connectivity index (χ3n) is 2.09. The molecule has 0 saturated heterocycles. The van der Waals surface area contributed by atoms with Gasteiger partial charge in [0.15, 0.2) is 0 Å². The largest absolute Gasteiger partial charge is 0.256 e. The summed E-state index contributed by atoms with van der Waals surface area (Å²) in [4.78, 5) is 4.24. The first-order valence-corrected chi connectivity index (χ1v) is 4.07. The van der Waals surface area contributed by atoms with Gasteiger partial charge in [-0.05, 0) is 30.7 Å². The zero-order chi connectivity index (χ0) is 9.26. The highest BCUT2D eigenvalue weighted by Gasteiger charge is 2.02. The summed E-state index contributed by atoms with van der Waals surface area (Å²) in [7, 11) is 0. The van der Waals surface area contributed by atoms with Crippen molar-refractivity contribution in [3.05, 3.63) is 41.6 Å². The third kappa shape index (κ3) is 1.15. The average Bonchev–Trinajstić information content (AvgIpc) is 2.19. The molecule has 0 amide bonds. The van der Waals surface area contributed by atoms with Crippen LogP contribution in [0.3, 0.4) is 0 Å². The van der Waals surface area contributed by atoms with E-state index in [9.17, 15) is 0 Å². The highest BCUT2D eigenvalue weighted by molar-refractivity contribution is 5.86. The number of hydrogen-bond donors (Lipinski definition) is 0. The Morgan fingerprint density at radius 1 is 1.31 bits per heavy atom. The van der Waals surface area contributed by atoms with E-state index in [0.717, 1.165) is 16.5 Å². The Balaban J connectivity index is 2.95. The molecule has 0 atom stereocenters. The minimum absolute atomic E-state index is 0.689. The van der Waals surface area contributed by atoms with E-state index in [1.165, 1.54) is 0 Å². The first kappa shape index (κ1) is 7.75. The van der Waals surface area contributed by atoms with E-state index in [4.69, 9.17) is 5.26 Å². The minimum atomic E-state index is 0.689. The first-order valence-electron chi connectivity index (χ1n) is 4.07. The van der Waals surface area contributed by atoms with E-state index in [1.54, 1.807) is 6.20 Å². The highest BCUT2D eigenvalue weighted by atomic mass is 14.6. The molecule has 1 aromatic carbocycles. The molecular weight excluding hydrogens is 160 g/mol. The van der Waals surface area contributed by atoms with Gasteiger partial charge >= 0.3 is 0 Å². The van der Waals surface area contributed by atoms with Crippen molar-refractivity contribution >= 4 is 10.9 Å². The van der Waals surface area contributed by atoms with Gasteiger partial charge in [-0.3, -0.25) is 4.98 Å². The third-order valence-corrected chi connectivity index (χ3v) is 2.09. The lowest BCUT2D eigenvalue weighted by Crippen LogP contribution is -1.85. The smallest absolute Gasteiger partial charge is 0.0998 e. The van der Waals surface area contributed by atoms with Crippen molar-refractivity contribution in [3.8, 4) is 6.07 Å². The van der Waals surface area contributed by atoms with Crippen molar-refractivity contribution in [2.45, 2.75) is 6.92 Å². The van der Waals surface area contributed by atoms with Crippen molar-refractivity contribution in [1.82, 2.24) is 4.98 Å². The lowest BCUT2D eigenvalue weighted by molar-refractivity contribution is 1.36. The van der Waals surface area contributed by atoms with Crippen LogP contribution in [0, 0.1) is 18.3 Å². The number of pyridine rings is 1. The van der Waals surface area contributed by atoms with Crippen molar-refractivity contribution in [3.63, 3.8) is 0 Å². The van der Waals surface area contributed by atoms with Crippen LogP contribution in [-0.2, 0) is 0 Å². The van der Waals surface area contributed by atoms with Gasteiger partial charge in [0.25, 0.3) is 0 Å². The fourth-order valence-electron chi connectivity index (χ4n) is 1.41. The van der Waals surface area contributed by atoms with Gasteiger partial charge in [0.1, 0.15) is 0 Å². The van der Waals surface area contributed by atoms with Crippen LogP contribution in [-0.4, -0.2) is 4.98 Å². The van der Waals surface area contributed by atoms with Gasteiger partial charge in [0.05, 0.1) is 17.1 Å². The summed E-state index contributed by atoms with van der Waals surface area (Å²) in [5.41, 5.74) is 2.71. The van der Waals surface area contributed by atoms with Crippen molar-refractivity contribution in [2.24, 2.45) is 0 Å². The summed E-state index contributed by atoms with van der Waals surface area (Å²) in [6.07, 6.45) is 1.75. The maximum atomic E-state index is 8.85. The van der Waals surface area contributed by atoms with Crippen LogP contribution in [0.2, 0.25) is 0 Å². The van der Waals surface area contributed by atoms with E-state index in [1.807, 2.05) is 31.2 Å². The van der Waals surface area contributed by atoms with Gasteiger partial charge in [-0.2, -0.15) is 5.26 Å². The van der Waals surface area contributed by atoms with Crippen molar-refractivity contribution in [2.75, 3.05) is 0 Å². The lowest BCUT2D eigenvalue weighted by Gasteiger charge is -2.01. The van der Waals surface area contributed by atoms with E-state index in [0.29, 0.717) is 5.56 Å². The zero-order valence-corrected chi connectivity index (χ0v) is 7.28. The lowest BCUT2D eigenvalue weighted by atomic mass is 10.1. The normalized spacial score (nSPS) is 9.85. The second kappa shape index (κ2) is 2.87. The highest BCUT2D eigenvalue weighted by Crippen LogP contribution is 2.18.